The van der Waals surface area contributed by atoms with Crippen LogP contribution in [0.4, 0.5) is 0 Å². The van der Waals surface area contributed by atoms with Crippen LogP contribution in [0.5, 0.6) is 0 Å². The Morgan fingerprint density at radius 3 is 2.74 bits per heavy atom. The van der Waals surface area contributed by atoms with E-state index >= 15 is 0 Å². The molecular formula is C12H20N2O4S. The van der Waals surface area contributed by atoms with Crippen molar-refractivity contribution in [2.24, 2.45) is 0 Å². The maximum Gasteiger partial charge on any atom is 0.244 e. The van der Waals surface area contributed by atoms with Gasteiger partial charge in [0.15, 0.2) is 0 Å². The summed E-state index contributed by atoms with van der Waals surface area (Å²) < 4.78 is 37.7. The second-order valence-electron chi connectivity index (χ2n) is 4.81. The van der Waals surface area contributed by atoms with Crippen LogP contribution in [-0.4, -0.2) is 34.7 Å². The van der Waals surface area contributed by atoms with Gasteiger partial charge in [-0.1, -0.05) is 0 Å². The summed E-state index contributed by atoms with van der Waals surface area (Å²) in [5.41, 5.74) is 0. The molecule has 2 rings (SSSR count). The van der Waals surface area contributed by atoms with Gasteiger partial charge in [0.1, 0.15) is 16.4 Å². The topological polar surface area (TPSA) is 80.6 Å². The van der Waals surface area contributed by atoms with E-state index < -0.39 is 10.0 Å². The third-order valence-electron chi connectivity index (χ3n) is 3.31. The van der Waals surface area contributed by atoms with Crippen LogP contribution in [0, 0.1) is 6.92 Å². The molecule has 1 heterocycles. The summed E-state index contributed by atoms with van der Waals surface area (Å²) >= 11 is 0. The number of hydrogen-bond acceptors (Lipinski definition) is 5. The number of nitrogens with one attached hydrogen (secondary N) is 2. The summed E-state index contributed by atoms with van der Waals surface area (Å²) in [6.45, 7) is 2.16. The molecule has 0 bridgehead atoms. The number of methoxy groups -OCH3 is 1. The van der Waals surface area contributed by atoms with Gasteiger partial charge in [-0.15, -0.1) is 0 Å². The highest BCUT2D eigenvalue weighted by atomic mass is 32.2. The van der Waals surface area contributed by atoms with Crippen LogP contribution < -0.4 is 10.0 Å². The first kappa shape index (κ1) is 14.5. The summed E-state index contributed by atoms with van der Waals surface area (Å²) in [5.74, 6) is 1.03. The Kier molecular flexibility index (Phi) is 4.29. The molecule has 108 valence electrons. The van der Waals surface area contributed by atoms with Gasteiger partial charge < -0.3 is 14.5 Å². The molecule has 19 heavy (non-hydrogen) atoms. The molecule has 0 aromatic carbocycles. The largest absolute Gasteiger partial charge is 0.464 e. The van der Waals surface area contributed by atoms with Crippen molar-refractivity contribution in [1.82, 2.24) is 10.0 Å². The lowest BCUT2D eigenvalue weighted by atomic mass is 9.90. The minimum absolute atomic E-state index is 0.0444. The Morgan fingerprint density at radius 1 is 1.47 bits per heavy atom. The maximum atomic E-state index is 12.2. The van der Waals surface area contributed by atoms with Gasteiger partial charge in [0, 0.05) is 19.2 Å². The van der Waals surface area contributed by atoms with Gasteiger partial charge in [-0.2, -0.15) is 0 Å². The number of hydrogen-bond donors (Lipinski definition) is 2. The van der Waals surface area contributed by atoms with Crippen molar-refractivity contribution in [3.05, 3.63) is 17.6 Å². The van der Waals surface area contributed by atoms with Gasteiger partial charge in [0.25, 0.3) is 0 Å². The summed E-state index contributed by atoms with van der Waals surface area (Å²) in [4.78, 5) is 0.221. The number of furan rings is 1. The summed E-state index contributed by atoms with van der Waals surface area (Å²) in [6, 6.07) is 1.53. The highest BCUT2D eigenvalue weighted by Gasteiger charge is 2.33. The molecule has 2 N–H and O–H groups in total. The molecule has 1 aromatic heterocycles. The quantitative estimate of drug-likeness (QED) is 0.808. The van der Waals surface area contributed by atoms with E-state index in [1.54, 1.807) is 27.1 Å². The zero-order valence-corrected chi connectivity index (χ0v) is 12.2. The minimum Gasteiger partial charge on any atom is -0.464 e. The fourth-order valence-electron chi connectivity index (χ4n) is 2.19. The second kappa shape index (κ2) is 5.62. The molecule has 1 saturated carbocycles. The number of sulfonamides is 1. The van der Waals surface area contributed by atoms with E-state index in [0.717, 1.165) is 12.8 Å². The molecule has 1 aromatic rings. The van der Waals surface area contributed by atoms with Crippen molar-refractivity contribution >= 4 is 10.0 Å². The van der Waals surface area contributed by atoms with E-state index in [9.17, 15) is 8.42 Å². The Morgan fingerprint density at radius 2 is 2.16 bits per heavy atom. The molecule has 1 aliphatic rings. The molecule has 0 saturated heterocycles. The molecule has 1 aliphatic carbocycles. The van der Waals surface area contributed by atoms with Crippen LogP contribution in [0.15, 0.2) is 15.4 Å². The number of ether oxygens (including phenoxy) is 1. The van der Waals surface area contributed by atoms with E-state index in [2.05, 4.69) is 10.0 Å². The predicted octanol–water partition coefficient (Wildman–Crippen LogP) is 0.763. The lowest BCUT2D eigenvalue weighted by Crippen LogP contribution is -2.47. The van der Waals surface area contributed by atoms with E-state index in [4.69, 9.17) is 9.15 Å². The highest BCUT2D eigenvalue weighted by Crippen LogP contribution is 2.26. The van der Waals surface area contributed by atoms with Crippen LogP contribution >= 0.6 is 0 Å². The molecule has 0 unspecified atom stereocenters. The van der Waals surface area contributed by atoms with Gasteiger partial charge >= 0.3 is 0 Å². The zero-order valence-electron chi connectivity index (χ0n) is 11.4. The van der Waals surface area contributed by atoms with Gasteiger partial charge in [0.05, 0.1) is 12.6 Å². The zero-order chi connectivity index (χ0) is 14.0. The molecule has 0 aliphatic heterocycles. The number of rotatable bonds is 6. The monoisotopic (exact) mass is 288 g/mol. The minimum atomic E-state index is -3.51. The summed E-state index contributed by atoms with van der Waals surface area (Å²) in [6.07, 6.45) is 1.60. The van der Waals surface area contributed by atoms with Gasteiger partial charge in [-0.25, -0.2) is 13.1 Å². The average Bonchev–Trinajstić information content (AvgIpc) is 2.65. The Balaban J connectivity index is 2.07. The third-order valence-corrected chi connectivity index (χ3v) is 4.94. The lowest BCUT2D eigenvalue weighted by Gasteiger charge is -2.34. The standard InChI is InChI=1S/C12H20N2O4S/c1-8-12(6-11(18-8)7-13-2)19(15,16)14-9-4-10(5-9)17-3/h6,9-10,13-14H,4-5,7H2,1-3H3. The molecule has 0 amide bonds. The highest BCUT2D eigenvalue weighted by molar-refractivity contribution is 7.89. The molecular weight excluding hydrogens is 268 g/mol. The SMILES string of the molecule is CNCc1cc(S(=O)(=O)NC2CC(OC)C2)c(C)o1. The molecule has 6 nitrogen and oxygen atoms in total. The lowest BCUT2D eigenvalue weighted by molar-refractivity contribution is 0.0236. The van der Waals surface area contributed by atoms with E-state index in [-0.39, 0.29) is 17.0 Å². The van der Waals surface area contributed by atoms with Crippen molar-refractivity contribution in [2.75, 3.05) is 14.2 Å². The predicted molar refractivity (Wildman–Crippen MR) is 70.3 cm³/mol. The fraction of sp³-hybridized carbons (Fsp3) is 0.667. The smallest absolute Gasteiger partial charge is 0.244 e. The third kappa shape index (κ3) is 3.17. The van der Waals surface area contributed by atoms with Crippen LogP contribution in [0.3, 0.4) is 0 Å². The van der Waals surface area contributed by atoms with Crippen LogP contribution in [0.25, 0.3) is 0 Å². The van der Waals surface area contributed by atoms with Crippen molar-refractivity contribution in [3.8, 4) is 0 Å². The fourth-order valence-corrected chi connectivity index (χ4v) is 3.65. The number of aryl methyl sites for hydroxylation is 1. The summed E-state index contributed by atoms with van der Waals surface area (Å²) in [7, 11) is -0.0874. The molecule has 7 heteroatoms. The maximum absolute atomic E-state index is 12.2. The first-order valence-electron chi connectivity index (χ1n) is 6.25. The van der Waals surface area contributed by atoms with Crippen molar-refractivity contribution in [2.45, 2.75) is 43.4 Å². The molecule has 0 radical (unpaired) electrons. The van der Waals surface area contributed by atoms with Crippen LogP contribution in [0.1, 0.15) is 24.4 Å². The van der Waals surface area contributed by atoms with Crippen LogP contribution in [0.2, 0.25) is 0 Å². The second-order valence-corrected chi connectivity index (χ2v) is 6.49. The van der Waals surface area contributed by atoms with Gasteiger partial charge in [0.2, 0.25) is 10.0 Å². The molecule has 1 fully saturated rings. The van der Waals surface area contributed by atoms with Crippen molar-refractivity contribution < 1.29 is 17.6 Å². The van der Waals surface area contributed by atoms with Gasteiger partial charge in [-0.05, 0) is 26.8 Å². The van der Waals surface area contributed by atoms with E-state index in [1.165, 1.54) is 0 Å². The normalized spacial score (nSPS) is 23.3. The van der Waals surface area contributed by atoms with Crippen molar-refractivity contribution in [3.63, 3.8) is 0 Å². The Hall–Kier alpha value is -0.890. The van der Waals surface area contributed by atoms with Crippen LogP contribution in [-0.2, 0) is 21.3 Å². The first-order valence-corrected chi connectivity index (χ1v) is 7.73. The Labute approximate surface area is 113 Å². The van der Waals surface area contributed by atoms with Gasteiger partial charge in [-0.3, -0.25) is 0 Å². The van der Waals surface area contributed by atoms with Crippen molar-refractivity contribution in [1.29, 1.82) is 0 Å². The summed E-state index contributed by atoms with van der Waals surface area (Å²) in [5, 5.41) is 2.93. The van der Waals surface area contributed by atoms with E-state index in [0.29, 0.717) is 18.1 Å². The Bertz CT molecular complexity index is 532. The average molecular weight is 288 g/mol. The van der Waals surface area contributed by atoms with E-state index in [1.807, 2.05) is 0 Å². The first-order chi connectivity index (χ1) is 8.96. The molecule has 0 spiro atoms. The molecule has 0 atom stereocenters.